The molecule has 3 heterocycles. The fourth-order valence-electron chi connectivity index (χ4n) is 3.18. The second-order valence-corrected chi connectivity index (χ2v) is 6.40. The van der Waals surface area contributed by atoms with Crippen molar-refractivity contribution in [2.24, 2.45) is 0 Å². The number of fused-ring (bicyclic) bond motifs is 1. The molecule has 1 aromatic carbocycles. The molecule has 7 nitrogen and oxygen atoms in total. The molecule has 0 radical (unpaired) electrons. The van der Waals surface area contributed by atoms with E-state index in [1.165, 1.54) is 16.8 Å². The van der Waals surface area contributed by atoms with Crippen LogP contribution in [0.1, 0.15) is 28.3 Å². The highest BCUT2D eigenvalue weighted by Gasteiger charge is 2.21. The van der Waals surface area contributed by atoms with Gasteiger partial charge in [-0.2, -0.15) is 5.10 Å². The van der Waals surface area contributed by atoms with Crippen molar-refractivity contribution >= 4 is 5.91 Å². The molecule has 1 amide bonds. The van der Waals surface area contributed by atoms with Gasteiger partial charge in [-0.05, 0) is 18.1 Å². The number of hydrogen-bond acceptors (Lipinski definition) is 4. The maximum Gasteiger partial charge on any atom is 0.272 e. The lowest BCUT2D eigenvalue weighted by molar-refractivity contribution is 0.0920. The van der Waals surface area contributed by atoms with Gasteiger partial charge in [0.1, 0.15) is 11.5 Å². The molecule has 26 heavy (non-hydrogen) atoms. The van der Waals surface area contributed by atoms with Gasteiger partial charge >= 0.3 is 0 Å². The number of carbonyl (C=O) groups is 1. The molecule has 0 saturated heterocycles. The van der Waals surface area contributed by atoms with Crippen LogP contribution in [0.25, 0.3) is 0 Å². The Hall–Kier alpha value is -3.22. The van der Waals surface area contributed by atoms with Crippen molar-refractivity contribution in [1.82, 2.24) is 24.6 Å². The molecule has 1 N–H and O–H groups in total. The van der Waals surface area contributed by atoms with E-state index < -0.39 is 0 Å². The Balaban J connectivity index is 1.48. The predicted octanol–water partition coefficient (Wildman–Crippen LogP) is 1.23. The van der Waals surface area contributed by atoms with Crippen LogP contribution in [0.4, 0.5) is 0 Å². The molecule has 4 rings (SSSR count). The summed E-state index contributed by atoms with van der Waals surface area (Å²) in [5.74, 6) is 0.783. The summed E-state index contributed by atoms with van der Waals surface area (Å²) in [4.78, 5) is 28.9. The summed E-state index contributed by atoms with van der Waals surface area (Å²) in [6.45, 7) is 1.04. The van der Waals surface area contributed by atoms with Crippen molar-refractivity contribution in [3.8, 4) is 0 Å². The monoisotopic (exact) mass is 349 g/mol. The summed E-state index contributed by atoms with van der Waals surface area (Å²) in [6.07, 6.45) is 5.37. The minimum absolute atomic E-state index is 0.0282. The van der Waals surface area contributed by atoms with Crippen LogP contribution in [-0.4, -0.2) is 31.3 Å². The molecular weight excluding hydrogens is 330 g/mol. The van der Waals surface area contributed by atoms with Crippen molar-refractivity contribution in [2.45, 2.75) is 32.0 Å². The Morgan fingerprint density at radius 3 is 2.88 bits per heavy atom. The first-order valence-corrected chi connectivity index (χ1v) is 8.62. The van der Waals surface area contributed by atoms with E-state index in [-0.39, 0.29) is 23.2 Å². The van der Waals surface area contributed by atoms with Gasteiger partial charge < -0.3 is 9.88 Å². The van der Waals surface area contributed by atoms with Crippen molar-refractivity contribution in [1.29, 1.82) is 0 Å². The summed E-state index contributed by atoms with van der Waals surface area (Å²) in [5, 5.41) is 7.25. The van der Waals surface area contributed by atoms with Crippen LogP contribution < -0.4 is 10.9 Å². The topological polar surface area (TPSA) is 81.8 Å². The first kappa shape index (κ1) is 16.3. The van der Waals surface area contributed by atoms with E-state index in [1.54, 1.807) is 6.20 Å². The standard InChI is InChI=1S/C19H19N5O2/c25-18-9-7-16(22-24(18)12-14-4-2-1-3-5-14)19(26)21-15-6-8-17-20-10-11-23(17)13-15/h1-5,7,9-11,15H,6,8,12-13H2,(H,21,26). The quantitative estimate of drug-likeness (QED) is 0.768. The van der Waals surface area contributed by atoms with Gasteiger partial charge in [-0.1, -0.05) is 30.3 Å². The number of hydrogen-bond donors (Lipinski definition) is 1. The summed E-state index contributed by atoms with van der Waals surface area (Å²) in [7, 11) is 0. The summed E-state index contributed by atoms with van der Waals surface area (Å²) >= 11 is 0. The van der Waals surface area contributed by atoms with Crippen LogP contribution >= 0.6 is 0 Å². The van der Waals surface area contributed by atoms with Crippen molar-refractivity contribution < 1.29 is 4.79 Å². The molecule has 1 aliphatic rings. The Labute approximate surface area is 150 Å². The zero-order chi connectivity index (χ0) is 17.9. The molecule has 1 aliphatic heterocycles. The highest BCUT2D eigenvalue weighted by Crippen LogP contribution is 2.13. The molecule has 1 atom stereocenters. The number of carbonyl (C=O) groups excluding carboxylic acids is 1. The van der Waals surface area contributed by atoms with E-state index in [2.05, 4.69) is 20.0 Å². The molecule has 1 unspecified atom stereocenters. The van der Waals surface area contributed by atoms with E-state index in [0.717, 1.165) is 24.2 Å². The maximum atomic E-state index is 12.6. The van der Waals surface area contributed by atoms with E-state index in [0.29, 0.717) is 13.1 Å². The molecule has 0 spiro atoms. The van der Waals surface area contributed by atoms with Gasteiger partial charge in [-0.25, -0.2) is 9.67 Å². The zero-order valence-corrected chi connectivity index (χ0v) is 14.2. The fraction of sp³-hybridized carbons (Fsp3) is 0.263. The first-order chi connectivity index (χ1) is 12.7. The molecule has 0 aliphatic carbocycles. The Bertz CT molecular complexity index is 977. The van der Waals surface area contributed by atoms with Crippen LogP contribution in [-0.2, 0) is 19.5 Å². The van der Waals surface area contributed by atoms with Crippen LogP contribution in [0, 0.1) is 0 Å². The third kappa shape index (κ3) is 3.42. The number of aryl methyl sites for hydroxylation is 1. The second kappa shape index (κ2) is 6.95. The smallest absolute Gasteiger partial charge is 0.272 e. The van der Waals surface area contributed by atoms with Gasteiger partial charge in [0.15, 0.2) is 0 Å². The van der Waals surface area contributed by atoms with Gasteiger partial charge in [0, 0.05) is 37.5 Å². The van der Waals surface area contributed by atoms with Crippen LogP contribution in [0.5, 0.6) is 0 Å². The summed E-state index contributed by atoms with van der Waals surface area (Å²) in [6, 6.07) is 12.5. The number of amides is 1. The van der Waals surface area contributed by atoms with E-state index in [4.69, 9.17) is 0 Å². The Morgan fingerprint density at radius 1 is 1.19 bits per heavy atom. The Kier molecular flexibility index (Phi) is 4.35. The van der Waals surface area contributed by atoms with Crippen molar-refractivity contribution in [3.05, 3.63) is 82.3 Å². The van der Waals surface area contributed by atoms with E-state index in [9.17, 15) is 9.59 Å². The maximum absolute atomic E-state index is 12.6. The van der Waals surface area contributed by atoms with Gasteiger partial charge in [0.25, 0.3) is 11.5 Å². The highest BCUT2D eigenvalue weighted by atomic mass is 16.2. The number of nitrogens with one attached hydrogen (secondary N) is 1. The van der Waals surface area contributed by atoms with Gasteiger partial charge in [0.05, 0.1) is 6.54 Å². The molecule has 0 fully saturated rings. The molecule has 7 heteroatoms. The number of aromatic nitrogens is 4. The lowest BCUT2D eigenvalue weighted by Gasteiger charge is -2.24. The van der Waals surface area contributed by atoms with E-state index >= 15 is 0 Å². The molecule has 132 valence electrons. The normalized spacial score (nSPS) is 16.1. The average molecular weight is 349 g/mol. The first-order valence-electron chi connectivity index (χ1n) is 8.62. The third-order valence-electron chi connectivity index (χ3n) is 4.54. The van der Waals surface area contributed by atoms with Gasteiger partial charge in [0.2, 0.25) is 0 Å². The van der Waals surface area contributed by atoms with Crippen molar-refractivity contribution in [2.75, 3.05) is 0 Å². The van der Waals surface area contributed by atoms with Crippen LogP contribution in [0.15, 0.2) is 59.7 Å². The number of nitrogens with zero attached hydrogens (tertiary/aromatic N) is 4. The molecule has 2 aromatic heterocycles. The molecule has 0 bridgehead atoms. The highest BCUT2D eigenvalue weighted by molar-refractivity contribution is 5.92. The largest absolute Gasteiger partial charge is 0.346 e. The van der Waals surface area contributed by atoms with Crippen LogP contribution in [0.2, 0.25) is 0 Å². The molecule has 3 aromatic rings. The Morgan fingerprint density at radius 2 is 2.04 bits per heavy atom. The van der Waals surface area contributed by atoms with Gasteiger partial charge in [-0.3, -0.25) is 9.59 Å². The third-order valence-corrected chi connectivity index (χ3v) is 4.54. The summed E-state index contributed by atoms with van der Waals surface area (Å²) in [5.41, 5.74) is 0.975. The summed E-state index contributed by atoms with van der Waals surface area (Å²) < 4.78 is 3.37. The minimum Gasteiger partial charge on any atom is -0.346 e. The zero-order valence-electron chi connectivity index (χ0n) is 14.2. The lowest BCUT2D eigenvalue weighted by atomic mass is 10.1. The van der Waals surface area contributed by atoms with E-state index in [1.807, 2.05) is 36.5 Å². The number of benzene rings is 1. The fourth-order valence-corrected chi connectivity index (χ4v) is 3.18. The SMILES string of the molecule is O=C(NC1CCc2nccn2C1)c1ccc(=O)n(Cc2ccccc2)n1. The van der Waals surface area contributed by atoms with Crippen LogP contribution in [0.3, 0.4) is 0 Å². The van der Waals surface area contributed by atoms with Crippen molar-refractivity contribution in [3.63, 3.8) is 0 Å². The number of imidazole rings is 1. The van der Waals surface area contributed by atoms with Gasteiger partial charge in [-0.15, -0.1) is 0 Å². The minimum atomic E-state index is -0.264. The lowest BCUT2D eigenvalue weighted by Crippen LogP contribution is -2.41. The molecular formula is C19H19N5O2. The average Bonchev–Trinajstić information content (AvgIpc) is 3.12. The second-order valence-electron chi connectivity index (χ2n) is 6.40. The number of rotatable bonds is 4. The molecule has 0 saturated carbocycles. The predicted molar refractivity (Wildman–Crippen MR) is 95.8 cm³/mol.